The minimum atomic E-state index is -3.51. The zero-order valence-corrected chi connectivity index (χ0v) is 8.43. The van der Waals surface area contributed by atoms with Gasteiger partial charge in [0.1, 0.15) is 6.67 Å². The number of alkyl halides is 1. The molecule has 0 radical (unpaired) electrons. The van der Waals surface area contributed by atoms with Crippen LogP contribution in [0.1, 0.15) is 5.56 Å². The topological polar surface area (TPSA) is 60.2 Å². The molecule has 0 bridgehead atoms. The molecule has 0 heterocycles. The Bertz CT molecular complexity index is 403. The van der Waals surface area contributed by atoms with E-state index in [1.807, 2.05) is 0 Å². The minimum Gasteiger partial charge on any atom is -0.326 e. The molecule has 0 aromatic heterocycles. The second kappa shape index (κ2) is 4.52. The predicted octanol–water partition coefficient (Wildman–Crippen LogP) is 0.889. The Hall–Kier alpha value is -0.940. The van der Waals surface area contributed by atoms with Gasteiger partial charge in [0.05, 0.1) is 10.6 Å². The number of sulfone groups is 1. The maximum Gasteiger partial charge on any atom is 0.181 e. The summed E-state index contributed by atoms with van der Waals surface area (Å²) in [6.07, 6.45) is 0. The Labute approximate surface area is 82.7 Å². The van der Waals surface area contributed by atoms with Crippen molar-refractivity contribution in [3.63, 3.8) is 0 Å². The van der Waals surface area contributed by atoms with Gasteiger partial charge in [-0.05, 0) is 11.6 Å². The molecule has 0 saturated carbocycles. The minimum absolute atomic E-state index is 0.139. The van der Waals surface area contributed by atoms with Crippen molar-refractivity contribution in [2.75, 3.05) is 12.4 Å². The van der Waals surface area contributed by atoms with Gasteiger partial charge in [-0.15, -0.1) is 0 Å². The third kappa shape index (κ3) is 2.30. The molecule has 1 aromatic carbocycles. The van der Waals surface area contributed by atoms with Gasteiger partial charge in [0, 0.05) is 6.54 Å². The second-order valence-electron chi connectivity index (χ2n) is 2.82. The van der Waals surface area contributed by atoms with Crippen LogP contribution in [0, 0.1) is 0 Å². The standard InChI is InChI=1S/C9H12FNO2S/c10-5-6-14(12,13)9-4-2-1-3-8(9)7-11/h1-4H,5-7,11H2. The van der Waals surface area contributed by atoms with Crippen molar-refractivity contribution in [3.8, 4) is 0 Å². The van der Waals surface area contributed by atoms with Crippen LogP contribution in [0.25, 0.3) is 0 Å². The molecular formula is C9H12FNO2S. The van der Waals surface area contributed by atoms with E-state index in [0.717, 1.165) is 0 Å². The van der Waals surface area contributed by atoms with Gasteiger partial charge in [0.15, 0.2) is 9.84 Å². The third-order valence-corrected chi connectivity index (χ3v) is 3.63. The fourth-order valence-electron chi connectivity index (χ4n) is 1.19. The lowest BCUT2D eigenvalue weighted by molar-refractivity contribution is 0.517. The molecule has 0 spiro atoms. The molecule has 1 aromatic rings. The van der Waals surface area contributed by atoms with E-state index in [1.54, 1.807) is 18.2 Å². The highest BCUT2D eigenvalue weighted by Gasteiger charge is 2.16. The molecule has 1 rings (SSSR count). The molecule has 78 valence electrons. The van der Waals surface area contributed by atoms with Crippen LogP contribution in [0.3, 0.4) is 0 Å². The molecule has 0 atom stereocenters. The Morgan fingerprint density at radius 3 is 2.50 bits per heavy atom. The summed E-state index contributed by atoms with van der Waals surface area (Å²) in [6, 6.07) is 6.39. The first-order valence-corrected chi connectivity index (χ1v) is 5.83. The van der Waals surface area contributed by atoms with Crippen LogP contribution in [0.2, 0.25) is 0 Å². The number of hydrogen-bond donors (Lipinski definition) is 1. The largest absolute Gasteiger partial charge is 0.326 e. The lowest BCUT2D eigenvalue weighted by atomic mass is 10.2. The average Bonchev–Trinajstić information content (AvgIpc) is 2.18. The number of benzene rings is 1. The SMILES string of the molecule is NCc1ccccc1S(=O)(=O)CCF. The monoisotopic (exact) mass is 217 g/mol. The van der Waals surface area contributed by atoms with Crippen molar-refractivity contribution < 1.29 is 12.8 Å². The van der Waals surface area contributed by atoms with E-state index >= 15 is 0 Å². The highest BCUT2D eigenvalue weighted by atomic mass is 32.2. The summed E-state index contributed by atoms with van der Waals surface area (Å²) in [5, 5.41) is 0. The van der Waals surface area contributed by atoms with Gasteiger partial charge in [-0.25, -0.2) is 12.8 Å². The van der Waals surface area contributed by atoms with Crippen LogP contribution >= 0.6 is 0 Å². The summed E-state index contributed by atoms with van der Waals surface area (Å²) in [5.41, 5.74) is 5.91. The fourth-order valence-corrected chi connectivity index (χ4v) is 2.45. The van der Waals surface area contributed by atoms with E-state index in [-0.39, 0.29) is 11.4 Å². The lowest BCUT2D eigenvalue weighted by Gasteiger charge is -2.06. The number of rotatable bonds is 4. The Morgan fingerprint density at radius 1 is 1.29 bits per heavy atom. The van der Waals surface area contributed by atoms with Crippen molar-refractivity contribution in [3.05, 3.63) is 29.8 Å². The van der Waals surface area contributed by atoms with Gasteiger partial charge in [-0.2, -0.15) is 0 Å². The Kier molecular flexibility index (Phi) is 3.60. The van der Waals surface area contributed by atoms with Gasteiger partial charge >= 0.3 is 0 Å². The second-order valence-corrected chi connectivity index (χ2v) is 4.90. The fraction of sp³-hybridized carbons (Fsp3) is 0.333. The highest BCUT2D eigenvalue weighted by molar-refractivity contribution is 7.91. The van der Waals surface area contributed by atoms with Crippen LogP contribution in [0.4, 0.5) is 4.39 Å². The van der Waals surface area contributed by atoms with Crippen molar-refractivity contribution in [2.45, 2.75) is 11.4 Å². The summed E-state index contributed by atoms with van der Waals surface area (Å²) < 4.78 is 35.0. The molecular weight excluding hydrogens is 205 g/mol. The highest BCUT2D eigenvalue weighted by Crippen LogP contribution is 2.16. The average molecular weight is 217 g/mol. The molecule has 0 saturated heterocycles. The van der Waals surface area contributed by atoms with Crippen molar-refractivity contribution >= 4 is 9.84 Å². The molecule has 0 amide bonds. The zero-order chi connectivity index (χ0) is 10.6. The summed E-state index contributed by atoms with van der Waals surface area (Å²) in [7, 11) is -3.51. The molecule has 0 aliphatic heterocycles. The van der Waals surface area contributed by atoms with E-state index in [2.05, 4.69) is 0 Å². The van der Waals surface area contributed by atoms with Crippen LogP contribution in [0.15, 0.2) is 29.2 Å². The van der Waals surface area contributed by atoms with Gasteiger partial charge in [-0.1, -0.05) is 18.2 Å². The first-order valence-electron chi connectivity index (χ1n) is 4.18. The maximum absolute atomic E-state index is 12.0. The van der Waals surface area contributed by atoms with Crippen molar-refractivity contribution in [1.29, 1.82) is 0 Å². The Morgan fingerprint density at radius 2 is 1.93 bits per heavy atom. The van der Waals surface area contributed by atoms with Gasteiger partial charge in [0.2, 0.25) is 0 Å². The smallest absolute Gasteiger partial charge is 0.181 e. The van der Waals surface area contributed by atoms with Crippen LogP contribution in [-0.2, 0) is 16.4 Å². The van der Waals surface area contributed by atoms with Crippen molar-refractivity contribution in [1.82, 2.24) is 0 Å². The first-order chi connectivity index (χ1) is 6.61. The van der Waals surface area contributed by atoms with E-state index in [9.17, 15) is 12.8 Å². The van der Waals surface area contributed by atoms with Crippen LogP contribution in [0.5, 0.6) is 0 Å². The molecule has 14 heavy (non-hydrogen) atoms. The lowest BCUT2D eigenvalue weighted by Crippen LogP contribution is -2.12. The normalized spacial score (nSPS) is 11.6. The van der Waals surface area contributed by atoms with E-state index in [4.69, 9.17) is 5.73 Å². The molecule has 0 unspecified atom stereocenters. The molecule has 0 fully saturated rings. The van der Waals surface area contributed by atoms with E-state index in [0.29, 0.717) is 5.56 Å². The van der Waals surface area contributed by atoms with Gasteiger partial charge < -0.3 is 5.73 Å². The van der Waals surface area contributed by atoms with Crippen LogP contribution in [-0.4, -0.2) is 20.8 Å². The van der Waals surface area contributed by atoms with Gasteiger partial charge in [0.25, 0.3) is 0 Å². The summed E-state index contributed by atoms with van der Waals surface area (Å²) >= 11 is 0. The zero-order valence-electron chi connectivity index (χ0n) is 7.61. The quantitative estimate of drug-likeness (QED) is 0.814. The summed E-state index contributed by atoms with van der Waals surface area (Å²) in [6.45, 7) is -0.733. The molecule has 0 aliphatic carbocycles. The van der Waals surface area contributed by atoms with Gasteiger partial charge in [-0.3, -0.25) is 0 Å². The van der Waals surface area contributed by atoms with E-state index < -0.39 is 22.3 Å². The molecule has 0 aliphatic rings. The maximum atomic E-state index is 12.0. The Balaban J connectivity index is 3.18. The molecule has 3 nitrogen and oxygen atoms in total. The van der Waals surface area contributed by atoms with Crippen molar-refractivity contribution in [2.24, 2.45) is 5.73 Å². The number of nitrogens with two attached hydrogens (primary N) is 1. The number of halogens is 1. The number of hydrogen-bond acceptors (Lipinski definition) is 3. The summed E-state index contributed by atoms with van der Waals surface area (Å²) in [4.78, 5) is 0.139. The summed E-state index contributed by atoms with van der Waals surface area (Å²) in [5.74, 6) is -0.482. The first kappa shape index (κ1) is 11.1. The van der Waals surface area contributed by atoms with E-state index in [1.165, 1.54) is 6.07 Å². The predicted molar refractivity (Wildman–Crippen MR) is 52.4 cm³/mol. The molecule has 5 heteroatoms. The third-order valence-electron chi connectivity index (χ3n) is 1.87. The van der Waals surface area contributed by atoms with Crippen LogP contribution < -0.4 is 5.73 Å². The molecule has 2 N–H and O–H groups in total.